The Bertz CT molecular complexity index is 228. The highest BCUT2D eigenvalue weighted by atomic mass is 28.4. The van der Waals surface area contributed by atoms with E-state index < -0.39 is 8.56 Å². The Morgan fingerprint density at radius 2 is 1.14 bits per heavy atom. The summed E-state index contributed by atoms with van der Waals surface area (Å²) in [5, 5.41) is 0. The van der Waals surface area contributed by atoms with E-state index in [2.05, 4.69) is 20.4 Å². The maximum Gasteiger partial charge on any atom is 0.398 e. The summed E-state index contributed by atoms with van der Waals surface area (Å²) in [4.78, 5) is 0. The SMILES string of the molecule is C=CO[Si](CCCCCCCC)(CCCCCCCC)OC. The van der Waals surface area contributed by atoms with Gasteiger partial charge in [-0.05, 0) is 0 Å². The lowest BCUT2D eigenvalue weighted by Gasteiger charge is -2.28. The van der Waals surface area contributed by atoms with Crippen molar-refractivity contribution in [3.8, 4) is 0 Å². The minimum absolute atomic E-state index is 1.12. The summed E-state index contributed by atoms with van der Waals surface area (Å²) < 4.78 is 11.8. The van der Waals surface area contributed by atoms with Crippen LogP contribution in [-0.4, -0.2) is 15.7 Å². The first-order valence-corrected chi connectivity index (χ1v) is 11.8. The largest absolute Gasteiger partial charge is 0.527 e. The van der Waals surface area contributed by atoms with Gasteiger partial charge in [0.1, 0.15) is 0 Å². The molecule has 0 bridgehead atoms. The molecule has 0 aliphatic heterocycles. The average molecular weight is 329 g/mol. The zero-order valence-corrected chi connectivity index (χ0v) is 16.5. The third-order valence-electron chi connectivity index (χ3n) is 4.49. The lowest BCUT2D eigenvalue weighted by molar-refractivity contribution is 0.264. The van der Waals surface area contributed by atoms with Gasteiger partial charge in [-0.15, -0.1) is 0 Å². The predicted octanol–water partition coefficient (Wildman–Crippen LogP) is 6.96. The molecule has 0 radical (unpaired) electrons. The van der Waals surface area contributed by atoms with E-state index in [0.717, 1.165) is 12.1 Å². The molecule has 2 nitrogen and oxygen atoms in total. The standard InChI is InChI=1S/C19H40O2Si/c1-5-8-10-12-14-16-18-22(20-4,21-7-3)19-17-15-13-11-9-6-2/h7H,3,5-6,8-19H2,1-2,4H3. The summed E-state index contributed by atoms with van der Waals surface area (Å²) in [7, 11) is -0.187. The monoisotopic (exact) mass is 328 g/mol. The third-order valence-corrected chi connectivity index (χ3v) is 8.06. The van der Waals surface area contributed by atoms with E-state index in [-0.39, 0.29) is 0 Å². The van der Waals surface area contributed by atoms with Crippen LogP contribution in [0.4, 0.5) is 0 Å². The molecular formula is C19H40O2Si. The molecule has 3 heteroatoms. The Morgan fingerprint density at radius 3 is 1.50 bits per heavy atom. The quantitative estimate of drug-likeness (QED) is 0.163. The number of hydrogen-bond acceptors (Lipinski definition) is 2. The molecule has 0 spiro atoms. The predicted molar refractivity (Wildman–Crippen MR) is 100 cm³/mol. The van der Waals surface area contributed by atoms with E-state index in [1.54, 1.807) is 6.26 Å². The highest BCUT2D eigenvalue weighted by molar-refractivity contribution is 6.67. The Kier molecular flexibility index (Phi) is 15.4. The van der Waals surface area contributed by atoms with Crippen molar-refractivity contribution in [3.05, 3.63) is 12.8 Å². The van der Waals surface area contributed by atoms with Crippen LogP contribution in [0.5, 0.6) is 0 Å². The topological polar surface area (TPSA) is 18.5 Å². The van der Waals surface area contributed by atoms with Crippen LogP contribution in [0.1, 0.15) is 90.9 Å². The van der Waals surface area contributed by atoms with Crippen molar-refractivity contribution in [2.75, 3.05) is 7.11 Å². The molecule has 0 aliphatic rings. The second kappa shape index (κ2) is 15.6. The molecule has 0 N–H and O–H groups in total. The Hall–Kier alpha value is -0.283. The van der Waals surface area contributed by atoms with Gasteiger partial charge in [-0.3, -0.25) is 0 Å². The Labute approximate surface area is 140 Å². The Balaban J connectivity index is 3.97. The van der Waals surface area contributed by atoms with Crippen molar-refractivity contribution in [2.45, 2.75) is 103 Å². The van der Waals surface area contributed by atoms with Gasteiger partial charge in [-0.2, -0.15) is 0 Å². The minimum atomic E-state index is -2.02. The second-order valence-electron chi connectivity index (χ2n) is 6.43. The molecule has 0 unspecified atom stereocenters. The van der Waals surface area contributed by atoms with Crippen LogP contribution in [0.2, 0.25) is 12.1 Å². The number of unbranched alkanes of at least 4 members (excludes halogenated alkanes) is 10. The van der Waals surface area contributed by atoms with E-state index in [9.17, 15) is 0 Å². The number of hydrogen-bond donors (Lipinski definition) is 0. The van der Waals surface area contributed by atoms with Gasteiger partial charge in [0.25, 0.3) is 0 Å². The lowest BCUT2D eigenvalue weighted by Crippen LogP contribution is -2.39. The molecule has 132 valence electrons. The molecule has 22 heavy (non-hydrogen) atoms. The first-order chi connectivity index (χ1) is 10.7. The van der Waals surface area contributed by atoms with Gasteiger partial charge in [0.15, 0.2) is 0 Å². The van der Waals surface area contributed by atoms with E-state index in [1.807, 2.05) is 7.11 Å². The summed E-state index contributed by atoms with van der Waals surface area (Å²) in [5.41, 5.74) is 0. The van der Waals surface area contributed by atoms with Crippen LogP contribution in [0.15, 0.2) is 12.8 Å². The molecule has 0 saturated carbocycles. The molecule has 0 amide bonds. The van der Waals surface area contributed by atoms with E-state index in [1.165, 1.54) is 77.0 Å². The van der Waals surface area contributed by atoms with Crippen LogP contribution in [0, 0.1) is 0 Å². The molecule has 0 heterocycles. The van der Waals surface area contributed by atoms with E-state index in [0.29, 0.717) is 0 Å². The van der Waals surface area contributed by atoms with Crippen molar-refractivity contribution in [1.29, 1.82) is 0 Å². The minimum Gasteiger partial charge on any atom is -0.527 e. The highest BCUT2D eigenvalue weighted by Crippen LogP contribution is 2.25. The number of rotatable bonds is 17. The van der Waals surface area contributed by atoms with Crippen LogP contribution in [0.25, 0.3) is 0 Å². The van der Waals surface area contributed by atoms with Crippen LogP contribution >= 0.6 is 0 Å². The van der Waals surface area contributed by atoms with Crippen molar-refractivity contribution in [1.82, 2.24) is 0 Å². The second-order valence-corrected chi connectivity index (χ2v) is 9.90. The molecule has 0 rings (SSSR count). The molecule has 0 aromatic rings. The smallest absolute Gasteiger partial charge is 0.398 e. The molecule has 0 saturated heterocycles. The summed E-state index contributed by atoms with van der Waals surface area (Å²) in [6.07, 6.45) is 17.6. The summed E-state index contributed by atoms with van der Waals surface area (Å²) in [6.45, 7) is 8.29. The summed E-state index contributed by atoms with van der Waals surface area (Å²) >= 11 is 0. The zero-order valence-electron chi connectivity index (χ0n) is 15.5. The van der Waals surface area contributed by atoms with E-state index >= 15 is 0 Å². The van der Waals surface area contributed by atoms with Gasteiger partial charge in [-0.1, -0.05) is 97.5 Å². The van der Waals surface area contributed by atoms with E-state index in [4.69, 9.17) is 8.85 Å². The lowest BCUT2D eigenvalue weighted by atomic mass is 10.1. The maximum atomic E-state index is 5.91. The summed E-state index contributed by atoms with van der Waals surface area (Å²) in [5.74, 6) is 0. The van der Waals surface area contributed by atoms with Crippen molar-refractivity contribution in [2.24, 2.45) is 0 Å². The normalized spacial score (nSPS) is 11.6. The van der Waals surface area contributed by atoms with Gasteiger partial charge >= 0.3 is 8.56 Å². The maximum absolute atomic E-state index is 5.91. The third kappa shape index (κ3) is 11.3. The van der Waals surface area contributed by atoms with Gasteiger partial charge in [0.05, 0.1) is 6.26 Å². The molecule has 0 atom stereocenters. The van der Waals surface area contributed by atoms with Crippen molar-refractivity contribution in [3.63, 3.8) is 0 Å². The fraction of sp³-hybridized carbons (Fsp3) is 0.895. The van der Waals surface area contributed by atoms with Gasteiger partial charge < -0.3 is 8.85 Å². The van der Waals surface area contributed by atoms with Crippen LogP contribution in [-0.2, 0) is 8.85 Å². The summed E-state index contributed by atoms with van der Waals surface area (Å²) in [6, 6.07) is 2.24. The fourth-order valence-electron chi connectivity index (χ4n) is 3.00. The molecule has 0 aromatic carbocycles. The Morgan fingerprint density at radius 1 is 0.727 bits per heavy atom. The average Bonchev–Trinajstić information content (AvgIpc) is 2.54. The molecule has 0 aromatic heterocycles. The van der Waals surface area contributed by atoms with Crippen molar-refractivity contribution >= 4 is 8.56 Å². The van der Waals surface area contributed by atoms with Gasteiger partial charge in [0, 0.05) is 19.2 Å². The van der Waals surface area contributed by atoms with Gasteiger partial charge in [-0.25, -0.2) is 0 Å². The van der Waals surface area contributed by atoms with Crippen molar-refractivity contribution < 1.29 is 8.85 Å². The van der Waals surface area contributed by atoms with Crippen LogP contribution < -0.4 is 0 Å². The molecule has 0 aliphatic carbocycles. The first kappa shape index (κ1) is 21.7. The van der Waals surface area contributed by atoms with Crippen LogP contribution in [0.3, 0.4) is 0 Å². The highest BCUT2D eigenvalue weighted by Gasteiger charge is 2.36. The zero-order chi connectivity index (χ0) is 16.5. The molecule has 0 fully saturated rings. The van der Waals surface area contributed by atoms with Gasteiger partial charge in [0.2, 0.25) is 0 Å². The first-order valence-electron chi connectivity index (χ1n) is 9.58. The fourth-order valence-corrected chi connectivity index (χ4v) is 5.87. The molecular weight excluding hydrogens is 288 g/mol.